The van der Waals surface area contributed by atoms with Crippen molar-refractivity contribution in [1.29, 1.82) is 0 Å². The zero-order chi connectivity index (χ0) is 22.2. The van der Waals surface area contributed by atoms with Crippen molar-refractivity contribution in [3.05, 3.63) is 69.6 Å². The van der Waals surface area contributed by atoms with Crippen molar-refractivity contribution in [2.75, 3.05) is 4.90 Å². The maximum atomic E-state index is 13.0. The largest absolute Gasteiger partial charge is 0.478 e. The van der Waals surface area contributed by atoms with Crippen LogP contribution in [0, 0.1) is 0 Å². The molecule has 1 saturated heterocycles. The highest BCUT2D eigenvalue weighted by Gasteiger charge is 2.34. The highest BCUT2D eigenvalue weighted by atomic mass is 32.2. The second-order valence-electron chi connectivity index (χ2n) is 7.77. The Balaban J connectivity index is 1.96. The molecule has 1 aliphatic rings. The monoisotopic (exact) mass is 441 g/mol. The fraction of sp³-hybridized carbons (Fsp3) is 0.182. The maximum Gasteiger partial charge on any atom is 0.335 e. The highest BCUT2D eigenvalue weighted by molar-refractivity contribution is 8.27. The van der Waals surface area contributed by atoms with Crippen molar-refractivity contribution in [1.82, 2.24) is 0 Å². The topological polar surface area (TPSA) is 94.9 Å². The number of hydrogen-bond donors (Lipinski definition) is 2. The number of thioether (sulfide) groups is 1. The summed E-state index contributed by atoms with van der Waals surface area (Å²) in [6.07, 6.45) is 1.71. The molecule has 2 aromatic rings. The van der Waals surface area contributed by atoms with E-state index in [4.69, 9.17) is 12.2 Å². The van der Waals surface area contributed by atoms with Crippen molar-refractivity contribution in [2.24, 2.45) is 0 Å². The van der Waals surface area contributed by atoms with Crippen LogP contribution in [0.3, 0.4) is 0 Å². The molecular formula is C22H19NO5S2. The number of nitrogens with zero attached hydrogens (tertiary/aromatic N) is 1. The molecule has 0 radical (unpaired) electrons. The molecule has 1 fully saturated rings. The molecule has 154 valence electrons. The molecule has 0 aromatic heterocycles. The van der Waals surface area contributed by atoms with Gasteiger partial charge in [-0.15, -0.1) is 0 Å². The van der Waals surface area contributed by atoms with E-state index in [1.165, 1.54) is 17.7 Å². The van der Waals surface area contributed by atoms with Crippen molar-refractivity contribution in [3.8, 4) is 0 Å². The number of carboxylic acids is 2. The summed E-state index contributed by atoms with van der Waals surface area (Å²) in [4.78, 5) is 37.2. The Bertz CT molecular complexity index is 1070. The Morgan fingerprint density at radius 1 is 1.00 bits per heavy atom. The Morgan fingerprint density at radius 3 is 2.00 bits per heavy atom. The standard InChI is InChI=1S/C22H19NO5S2/c1-22(2,3)15-6-4-12(5-7-15)8-17-18(24)23(21(29)30-17)16-10-13(19(25)26)9-14(11-16)20(27)28/h4-11H,1-3H3,(H,25,26)(H,27,28). The summed E-state index contributed by atoms with van der Waals surface area (Å²) in [5.74, 6) is -3.01. The smallest absolute Gasteiger partial charge is 0.335 e. The Labute approximate surface area is 183 Å². The van der Waals surface area contributed by atoms with E-state index in [0.29, 0.717) is 4.91 Å². The molecule has 30 heavy (non-hydrogen) atoms. The van der Waals surface area contributed by atoms with E-state index in [-0.39, 0.29) is 26.5 Å². The van der Waals surface area contributed by atoms with Gasteiger partial charge in [-0.1, -0.05) is 69.0 Å². The van der Waals surface area contributed by atoms with Crippen molar-refractivity contribution in [3.63, 3.8) is 0 Å². The van der Waals surface area contributed by atoms with E-state index in [1.807, 2.05) is 24.3 Å². The number of benzene rings is 2. The number of aromatic carboxylic acids is 2. The molecule has 0 saturated carbocycles. The van der Waals surface area contributed by atoms with Gasteiger partial charge in [-0.25, -0.2) is 9.59 Å². The van der Waals surface area contributed by atoms with Crippen LogP contribution >= 0.6 is 24.0 Å². The van der Waals surface area contributed by atoms with Gasteiger partial charge in [0.25, 0.3) is 5.91 Å². The molecule has 1 amide bonds. The van der Waals surface area contributed by atoms with E-state index in [0.717, 1.165) is 28.3 Å². The number of rotatable bonds is 4. The molecule has 6 nitrogen and oxygen atoms in total. The van der Waals surface area contributed by atoms with Gasteiger partial charge in [0.2, 0.25) is 0 Å². The van der Waals surface area contributed by atoms with Crippen molar-refractivity contribution in [2.45, 2.75) is 26.2 Å². The maximum absolute atomic E-state index is 13.0. The molecule has 0 unspecified atom stereocenters. The predicted octanol–water partition coefficient (Wildman–Crippen LogP) is 4.79. The number of carbonyl (C=O) groups is 3. The molecule has 0 spiro atoms. The van der Waals surface area contributed by atoms with Gasteiger partial charge in [0, 0.05) is 0 Å². The lowest BCUT2D eigenvalue weighted by molar-refractivity contribution is -0.113. The molecule has 2 aromatic carbocycles. The van der Waals surface area contributed by atoms with Crippen LogP contribution in [-0.2, 0) is 10.2 Å². The van der Waals surface area contributed by atoms with E-state index in [9.17, 15) is 24.6 Å². The average Bonchev–Trinajstić information content (AvgIpc) is 2.94. The molecule has 1 heterocycles. The van der Waals surface area contributed by atoms with Crippen LogP contribution in [0.2, 0.25) is 0 Å². The van der Waals surface area contributed by atoms with Gasteiger partial charge in [-0.2, -0.15) is 0 Å². The third kappa shape index (κ3) is 4.44. The van der Waals surface area contributed by atoms with Gasteiger partial charge in [0.15, 0.2) is 4.32 Å². The molecule has 0 atom stereocenters. The fourth-order valence-electron chi connectivity index (χ4n) is 2.91. The first-order chi connectivity index (χ1) is 14.0. The van der Waals surface area contributed by atoms with E-state index < -0.39 is 17.8 Å². The quantitative estimate of drug-likeness (QED) is 0.520. The molecular weight excluding hydrogens is 422 g/mol. The lowest BCUT2D eigenvalue weighted by Crippen LogP contribution is -2.28. The van der Waals surface area contributed by atoms with Gasteiger partial charge in [-0.05, 0) is 40.8 Å². The molecule has 8 heteroatoms. The van der Waals surface area contributed by atoms with Crippen molar-refractivity contribution < 1.29 is 24.6 Å². The van der Waals surface area contributed by atoms with Crippen molar-refractivity contribution >= 4 is 57.9 Å². The number of amides is 1. The summed E-state index contributed by atoms with van der Waals surface area (Å²) < 4.78 is 0.205. The van der Waals surface area contributed by atoms with Gasteiger partial charge in [0.1, 0.15) is 0 Å². The molecule has 3 rings (SSSR count). The van der Waals surface area contributed by atoms with E-state index >= 15 is 0 Å². The number of thiocarbonyl (C=S) groups is 1. The number of hydrogen-bond acceptors (Lipinski definition) is 5. The van der Waals surface area contributed by atoms with Gasteiger partial charge >= 0.3 is 11.9 Å². The molecule has 0 bridgehead atoms. The minimum atomic E-state index is -1.29. The summed E-state index contributed by atoms with van der Waals surface area (Å²) >= 11 is 6.40. The predicted molar refractivity (Wildman–Crippen MR) is 121 cm³/mol. The number of carboxylic acid groups (broad SMARTS) is 2. The Morgan fingerprint density at radius 2 is 1.53 bits per heavy atom. The molecule has 2 N–H and O–H groups in total. The SMILES string of the molecule is CC(C)(C)c1ccc(C=C2SC(=S)N(c3cc(C(=O)O)cc(C(=O)O)c3)C2=O)cc1. The van der Waals surface area contributed by atoms with Crippen LogP contribution in [0.4, 0.5) is 5.69 Å². The third-order valence-electron chi connectivity index (χ3n) is 4.54. The molecule has 0 aliphatic carbocycles. The summed E-state index contributed by atoms with van der Waals surface area (Å²) in [7, 11) is 0. The minimum Gasteiger partial charge on any atom is -0.478 e. The zero-order valence-electron chi connectivity index (χ0n) is 16.5. The van der Waals surface area contributed by atoms with Crippen LogP contribution < -0.4 is 4.90 Å². The Kier molecular flexibility index (Phi) is 5.83. The second-order valence-corrected chi connectivity index (χ2v) is 9.44. The van der Waals surface area contributed by atoms with Gasteiger partial charge < -0.3 is 10.2 Å². The summed E-state index contributed by atoms with van der Waals surface area (Å²) in [5.41, 5.74) is 1.65. The fourth-order valence-corrected chi connectivity index (χ4v) is 4.21. The van der Waals surface area contributed by atoms with Crippen LogP contribution in [0.15, 0.2) is 47.4 Å². The first kappa shape index (κ1) is 21.7. The molecule has 1 aliphatic heterocycles. The Hall–Kier alpha value is -2.97. The second kappa shape index (κ2) is 8.04. The summed E-state index contributed by atoms with van der Waals surface area (Å²) in [5, 5.41) is 18.5. The number of anilines is 1. The lowest BCUT2D eigenvalue weighted by Gasteiger charge is -2.18. The number of carbonyl (C=O) groups excluding carboxylic acids is 1. The summed E-state index contributed by atoms with van der Waals surface area (Å²) in [6.45, 7) is 6.34. The minimum absolute atomic E-state index is 0.0129. The first-order valence-corrected chi connectivity index (χ1v) is 10.2. The van der Waals surface area contributed by atoms with Crippen LogP contribution in [0.1, 0.15) is 52.6 Å². The van der Waals surface area contributed by atoms with Gasteiger partial charge in [-0.3, -0.25) is 9.69 Å². The summed E-state index contributed by atoms with van der Waals surface area (Å²) in [6, 6.07) is 11.4. The van der Waals surface area contributed by atoms with E-state index in [1.54, 1.807) is 6.08 Å². The van der Waals surface area contributed by atoms with Gasteiger partial charge in [0.05, 0.1) is 21.7 Å². The normalized spacial score (nSPS) is 15.7. The first-order valence-electron chi connectivity index (χ1n) is 8.97. The average molecular weight is 442 g/mol. The zero-order valence-corrected chi connectivity index (χ0v) is 18.1. The lowest BCUT2D eigenvalue weighted by atomic mass is 9.87. The van der Waals surface area contributed by atoms with Crippen LogP contribution in [0.25, 0.3) is 6.08 Å². The van der Waals surface area contributed by atoms with Crippen LogP contribution in [0.5, 0.6) is 0 Å². The van der Waals surface area contributed by atoms with E-state index in [2.05, 4.69) is 20.8 Å². The third-order valence-corrected chi connectivity index (χ3v) is 5.84. The highest BCUT2D eigenvalue weighted by Crippen LogP contribution is 2.37. The van der Waals surface area contributed by atoms with Crippen LogP contribution in [-0.4, -0.2) is 32.4 Å².